The molecule has 1 aromatic heterocycles. The quantitative estimate of drug-likeness (QED) is 0.798. The lowest BCUT2D eigenvalue weighted by atomic mass is 10.0. The first-order valence-electron chi connectivity index (χ1n) is 8.25. The topological polar surface area (TPSA) is 82.6 Å². The predicted molar refractivity (Wildman–Crippen MR) is 86.6 cm³/mol. The molecule has 0 unspecified atom stereocenters. The summed E-state index contributed by atoms with van der Waals surface area (Å²) in [5.74, 6) is -0.280. The van der Waals surface area contributed by atoms with Crippen molar-refractivity contribution in [2.75, 3.05) is 26.2 Å². The van der Waals surface area contributed by atoms with Crippen molar-refractivity contribution < 1.29 is 14.4 Å². The Morgan fingerprint density at radius 1 is 1.17 bits per heavy atom. The van der Waals surface area contributed by atoms with Gasteiger partial charge in [-0.15, -0.1) is 0 Å². The van der Waals surface area contributed by atoms with E-state index in [0.29, 0.717) is 45.6 Å². The summed E-state index contributed by atoms with van der Waals surface area (Å²) in [7, 11) is 0. The minimum absolute atomic E-state index is 0.0254. The fourth-order valence-electron chi connectivity index (χ4n) is 3.04. The number of hydrogen-bond acceptors (Lipinski definition) is 4. The Morgan fingerprint density at radius 3 is 2.38 bits per heavy atom. The lowest BCUT2D eigenvalue weighted by molar-refractivity contribution is -0.147. The van der Waals surface area contributed by atoms with Gasteiger partial charge >= 0.3 is 0 Å². The normalized spacial score (nSPS) is 18.9. The van der Waals surface area contributed by atoms with E-state index in [1.54, 1.807) is 22.2 Å². The van der Waals surface area contributed by atoms with Crippen molar-refractivity contribution in [1.82, 2.24) is 20.1 Å². The van der Waals surface area contributed by atoms with Gasteiger partial charge in [-0.3, -0.25) is 19.4 Å². The van der Waals surface area contributed by atoms with Crippen molar-refractivity contribution in [2.45, 2.75) is 26.3 Å². The first kappa shape index (κ1) is 16.4. The number of pyridine rings is 1. The van der Waals surface area contributed by atoms with E-state index in [0.717, 1.165) is 5.56 Å². The maximum atomic E-state index is 12.8. The fourth-order valence-corrected chi connectivity index (χ4v) is 3.04. The number of aromatic nitrogens is 1. The minimum atomic E-state index is -0.902. The number of rotatable bonds is 4. The summed E-state index contributed by atoms with van der Waals surface area (Å²) in [6.45, 7) is 3.97. The van der Waals surface area contributed by atoms with Crippen molar-refractivity contribution in [1.29, 1.82) is 0 Å². The standard InChI is InChI=1S/C17H22N4O3/c1-13(22)20-7-9-21(10-8-20)16(24)17(4-5-17)15(23)19-12-14-3-2-6-18-11-14/h2-3,6,11H,4-5,7-10,12H2,1H3,(H,19,23). The molecule has 1 aliphatic heterocycles. The maximum Gasteiger partial charge on any atom is 0.238 e. The van der Waals surface area contributed by atoms with Gasteiger partial charge in [0.1, 0.15) is 5.41 Å². The van der Waals surface area contributed by atoms with Crippen molar-refractivity contribution >= 4 is 17.7 Å². The van der Waals surface area contributed by atoms with Crippen LogP contribution in [0.2, 0.25) is 0 Å². The number of carbonyl (C=O) groups is 3. The van der Waals surface area contributed by atoms with Crippen LogP contribution in [-0.4, -0.2) is 58.7 Å². The van der Waals surface area contributed by atoms with Gasteiger partial charge in [0.05, 0.1) is 0 Å². The zero-order chi connectivity index (χ0) is 17.2. The molecule has 1 N–H and O–H groups in total. The molecule has 0 aromatic carbocycles. The van der Waals surface area contributed by atoms with Crippen molar-refractivity contribution in [3.63, 3.8) is 0 Å². The first-order valence-corrected chi connectivity index (χ1v) is 8.25. The van der Waals surface area contributed by atoms with E-state index >= 15 is 0 Å². The molecule has 3 rings (SSSR count). The zero-order valence-electron chi connectivity index (χ0n) is 13.8. The van der Waals surface area contributed by atoms with Crippen molar-refractivity contribution in [3.8, 4) is 0 Å². The molecular formula is C17H22N4O3. The molecule has 1 aromatic rings. The predicted octanol–water partition coefficient (Wildman–Crippen LogP) is 0.169. The van der Waals surface area contributed by atoms with Crippen LogP contribution in [0.4, 0.5) is 0 Å². The lowest BCUT2D eigenvalue weighted by Crippen LogP contribution is -2.54. The number of nitrogens with one attached hydrogen (secondary N) is 1. The highest BCUT2D eigenvalue weighted by Crippen LogP contribution is 2.47. The van der Waals surface area contributed by atoms with Gasteiger partial charge in [-0.05, 0) is 24.5 Å². The van der Waals surface area contributed by atoms with E-state index in [1.807, 2.05) is 12.1 Å². The summed E-state index contributed by atoms with van der Waals surface area (Å²) >= 11 is 0. The van der Waals surface area contributed by atoms with Crippen LogP contribution in [0.5, 0.6) is 0 Å². The number of hydrogen-bond donors (Lipinski definition) is 1. The molecule has 0 radical (unpaired) electrons. The molecule has 3 amide bonds. The van der Waals surface area contributed by atoms with Crippen LogP contribution >= 0.6 is 0 Å². The Kier molecular flexibility index (Phi) is 4.51. The average Bonchev–Trinajstić information content (AvgIpc) is 3.42. The van der Waals surface area contributed by atoms with Crippen LogP contribution in [0.25, 0.3) is 0 Å². The minimum Gasteiger partial charge on any atom is -0.351 e. The molecule has 2 fully saturated rings. The van der Waals surface area contributed by atoms with Crippen LogP contribution in [0.1, 0.15) is 25.3 Å². The molecule has 7 heteroatoms. The summed E-state index contributed by atoms with van der Waals surface area (Å²) in [5, 5.41) is 2.86. The van der Waals surface area contributed by atoms with Gasteiger partial charge in [0.15, 0.2) is 0 Å². The molecule has 1 aliphatic carbocycles. The molecule has 0 bridgehead atoms. The van der Waals surface area contributed by atoms with Crippen LogP contribution in [0.15, 0.2) is 24.5 Å². The van der Waals surface area contributed by atoms with E-state index in [9.17, 15) is 14.4 Å². The van der Waals surface area contributed by atoms with Gasteiger partial charge < -0.3 is 15.1 Å². The monoisotopic (exact) mass is 330 g/mol. The van der Waals surface area contributed by atoms with E-state index in [2.05, 4.69) is 10.3 Å². The molecule has 1 saturated heterocycles. The zero-order valence-corrected chi connectivity index (χ0v) is 13.8. The largest absolute Gasteiger partial charge is 0.351 e. The molecule has 0 spiro atoms. The SMILES string of the molecule is CC(=O)N1CCN(C(=O)C2(C(=O)NCc3cccnc3)CC2)CC1. The van der Waals surface area contributed by atoms with Gasteiger partial charge in [-0.2, -0.15) is 0 Å². The van der Waals surface area contributed by atoms with Gasteiger partial charge in [-0.1, -0.05) is 6.07 Å². The van der Waals surface area contributed by atoms with Crippen LogP contribution in [-0.2, 0) is 20.9 Å². The Bertz CT molecular complexity index is 634. The van der Waals surface area contributed by atoms with Crippen molar-refractivity contribution in [3.05, 3.63) is 30.1 Å². The molecule has 1 saturated carbocycles. The maximum absolute atomic E-state index is 12.8. The van der Waals surface area contributed by atoms with E-state index in [-0.39, 0.29) is 17.7 Å². The number of nitrogens with zero attached hydrogens (tertiary/aromatic N) is 3. The molecule has 7 nitrogen and oxygen atoms in total. The highest BCUT2D eigenvalue weighted by atomic mass is 16.2. The summed E-state index contributed by atoms with van der Waals surface area (Å²) in [5.41, 5.74) is 0.00446. The summed E-state index contributed by atoms with van der Waals surface area (Å²) in [6.07, 6.45) is 4.57. The second-order valence-corrected chi connectivity index (χ2v) is 6.42. The molecule has 0 atom stereocenters. The summed E-state index contributed by atoms with van der Waals surface area (Å²) in [4.78, 5) is 44.1. The smallest absolute Gasteiger partial charge is 0.238 e. The second kappa shape index (κ2) is 6.59. The van der Waals surface area contributed by atoms with Gasteiger partial charge in [0.2, 0.25) is 17.7 Å². The van der Waals surface area contributed by atoms with Crippen LogP contribution in [0, 0.1) is 5.41 Å². The molecule has 128 valence electrons. The van der Waals surface area contributed by atoms with Gasteiger partial charge in [0.25, 0.3) is 0 Å². The van der Waals surface area contributed by atoms with Gasteiger partial charge in [-0.25, -0.2) is 0 Å². The van der Waals surface area contributed by atoms with Crippen molar-refractivity contribution in [2.24, 2.45) is 5.41 Å². The highest BCUT2D eigenvalue weighted by molar-refractivity contribution is 6.07. The fraction of sp³-hybridized carbons (Fsp3) is 0.529. The third-order valence-corrected chi connectivity index (χ3v) is 4.78. The molecule has 2 heterocycles. The molecular weight excluding hydrogens is 308 g/mol. The summed E-state index contributed by atoms with van der Waals surface area (Å²) < 4.78 is 0. The lowest BCUT2D eigenvalue weighted by Gasteiger charge is -2.35. The Hall–Kier alpha value is -2.44. The van der Waals surface area contributed by atoms with E-state index in [4.69, 9.17) is 0 Å². The van der Waals surface area contributed by atoms with E-state index < -0.39 is 5.41 Å². The number of carbonyl (C=O) groups excluding carboxylic acids is 3. The first-order chi connectivity index (χ1) is 11.5. The van der Waals surface area contributed by atoms with Crippen LogP contribution < -0.4 is 5.32 Å². The Morgan fingerprint density at radius 2 is 1.83 bits per heavy atom. The third-order valence-electron chi connectivity index (χ3n) is 4.78. The molecule has 24 heavy (non-hydrogen) atoms. The Labute approximate surface area is 141 Å². The Balaban J connectivity index is 1.56. The van der Waals surface area contributed by atoms with Crippen LogP contribution in [0.3, 0.4) is 0 Å². The third kappa shape index (κ3) is 3.25. The number of piperazine rings is 1. The average molecular weight is 330 g/mol. The highest BCUT2D eigenvalue weighted by Gasteiger charge is 2.58. The number of amides is 3. The van der Waals surface area contributed by atoms with Gasteiger partial charge in [0, 0.05) is 52.0 Å². The second-order valence-electron chi connectivity index (χ2n) is 6.42. The van der Waals surface area contributed by atoms with E-state index in [1.165, 1.54) is 6.92 Å². The summed E-state index contributed by atoms with van der Waals surface area (Å²) in [6, 6.07) is 3.70. The molecule has 2 aliphatic rings.